The molecule has 1 aromatic rings. The molecule has 2 unspecified atom stereocenters. The summed E-state index contributed by atoms with van der Waals surface area (Å²) < 4.78 is 10.3. The number of carbonyl (C=O) groups is 3. The summed E-state index contributed by atoms with van der Waals surface area (Å²) in [5.74, 6) is -0.576. The number of benzene rings is 1. The normalized spacial score (nSPS) is 21.9. The van der Waals surface area contributed by atoms with Gasteiger partial charge in [-0.05, 0) is 39.2 Å². The average Bonchev–Trinajstić information content (AvgIpc) is 3.05. The number of aldehydes is 1. The quantitative estimate of drug-likeness (QED) is 0.391. The lowest BCUT2D eigenvalue weighted by Gasteiger charge is -2.38. The van der Waals surface area contributed by atoms with Crippen molar-refractivity contribution in [2.75, 3.05) is 20.7 Å². The Morgan fingerprint density at radius 2 is 1.93 bits per heavy atom. The SMILES string of the molecule is COC(=O)C1CCC(C=O)(CN(C)OCc2ccccc2)N1C(=O)OC(C)(C)C. The van der Waals surface area contributed by atoms with Crippen LogP contribution in [0.4, 0.5) is 4.79 Å². The van der Waals surface area contributed by atoms with Crippen molar-refractivity contribution < 1.29 is 28.7 Å². The van der Waals surface area contributed by atoms with Crippen molar-refractivity contribution >= 4 is 18.3 Å². The summed E-state index contributed by atoms with van der Waals surface area (Å²) in [5.41, 5.74) is -1.06. The molecule has 0 bridgehead atoms. The highest BCUT2D eigenvalue weighted by Crippen LogP contribution is 2.35. The zero-order valence-corrected chi connectivity index (χ0v) is 17.7. The third-order valence-corrected chi connectivity index (χ3v) is 4.72. The minimum absolute atomic E-state index is 0.0933. The van der Waals surface area contributed by atoms with Gasteiger partial charge in [0.1, 0.15) is 23.5 Å². The maximum atomic E-state index is 12.9. The lowest BCUT2D eigenvalue weighted by Crippen LogP contribution is -2.59. The molecule has 0 saturated carbocycles. The average molecular weight is 406 g/mol. The van der Waals surface area contributed by atoms with Crippen LogP contribution >= 0.6 is 0 Å². The van der Waals surface area contributed by atoms with E-state index in [-0.39, 0.29) is 6.54 Å². The number of likely N-dealkylation sites (tertiary alicyclic amines) is 1. The second-order valence-electron chi connectivity index (χ2n) is 8.19. The first-order valence-electron chi connectivity index (χ1n) is 9.56. The molecule has 1 aromatic carbocycles. The van der Waals surface area contributed by atoms with Crippen LogP contribution in [0.15, 0.2) is 30.3 Å². The number of esters is 1. The summed E-state index contributed by atoms with van der Waals surface area (Å²) in [4.78, 5) is 44.3. The van der Waals surface area contributed by atoms with Crippen LogP contribution in [0.5, 0.6) is 0 Å². The monoisotopic (exact) mass is 406 g/mol. The standard InChI is InChI=1S/C21H30N2O6/c1-20(2,3)29-19(26)23-17(18(25)27-5)11-12-21(23,15-24)14-22(4)28-13-16-9-7-6-8-10-16/h6-10,15,17H,11-14H2,1-5H3. The molecular weight excluding hydrogens is 376 g/mol. The van der Waals surface area contributed by atoms with Gasteiger partial charge in [-0.1, -0.05) is 30.3 Å². The van der Waals surface area contributed by atoms with Crippen molar-refractivity contribution in [3.8, 4) is 0 Å². The number of hydroxylamine groups is 2. The van der Waals surface area contributed by atoms with Gasteiger partial charge in [-0.3, -0.25) is 9.74 Å². The minimum Gasteiger partial charge on any atom is -0.467 e. The number of likely N-dealkylation sites (N-methyl/N-ethyl adjacent to an activating group) is 1. The number of methoxy groups -OCH3 is 1. The zero-order valence-electron chi connectivity index (χ0n) is 17.7. The van der Waals surface area contributed by atoms with E-state index in [0.717, 1.165) is 5.56 Å². The highest BCUT2D eigenvalue weighted by molar-refractivity contribution is 5.87. The summed E-state index contributed by atoms with van der Waals surface area (Å²) in [7, 11) is 2.94. The van der Waals surface area contributed by atoms with Gasteiger partial charge in [-0.25, -0.2) is 9.59 Å². The van der Waals surface area contributed by atoms with Crippen LogP contribution in [-0.2, 0) is 30.5 Å². The number of rotatable bonds is 7. The molecule has 0 spiro atoms. The van der Waals surface area contributed by atoms with Gasteiger partial charge in [-0.15, -0.1) is 0 Å². The first-order chi connectivity index (χ1) is 13.6. The molecule has 1 aliphatic rings. The van der Waals surface area contributed by atoms with Gasteiger partial charge in [0.05, 0.1) is 20.3 Å². The maximum Gasteiger partial charge on any atom is 0.411 e. The van der Waals surface area contributed by atoms with Gasteiger partial charge < -0.3 is 14.3 Å². The van der Waals surface area contributed by atoms with E-state index >= 15 is 0 Å². The molecule has 160 valence electrons. The third kappa shape index (κ3) is 5.77. The van der Waals surface area contributed by atoms with Gasteiger partial charge in [-0.2, -0.15) is 5.06 Å². The van der Waals surface area contributed by atoms with E-state index in [1.807, 2.05) is 30.3 Å². The van der Waals surface area contributed by atoms with Crippen LogP contribution in [-0.4, -0.2) is 66.2 Å². The molecule has 2 rings (SSSR count). The van der Waals surface area contributed by atoms with Gasteiger partial charge >= 0.3 is 12.1 Å². The molecule has 8 heteroatoms. The van der Waals surface area contributed by atoms with Crippen molar-refractivity contribution in [2.24, 2.45) is 0 Å². The molecule has 1 amide bonds. The predicted molar refractivity (Wildman–Crippen MR) is 106 cm³/mol. The van der Waals surface area contributed by atoms with Crippen LogP contribution in [0.1, 0.15) is 39.2 Å². The van der Waals surface area contributed by atoms with E-state index < -0.39 is 29.2 Å². The van der Waals surface area contributed by atoms with Crippen molar-refractivity contribution in [1.82, 2.24) is 9.96 Å². The van der Waals surface area contributed by atoms with Crippen LogP contribution in [0.3, 0.4) is 0 Å². The number of hydrogen-bond acceptors (Lipinski definition) is 7. The summed E-state index contributed by atoms with van der Waals surface area (Å²) in [6, 6.07) is 8.71. The molecule has 0 aromatic heterocycles. The molecule has 1 fully saturated rings. The van der Waals surface area contributed by atoms with Gasteiger partial charge in [0.2, 0.25) is 0 Å². The van der Waals surface area contributed by atoms with E-state index in [9.17, 15) is 14.4 Å². The fourth-order valence-corrected chi connectivity index (χ4v) is 3.42. The Labute approximate surface area is 171 Å². The first-order valence-corrected chi connectivity index (χ1v) is 9.56. The molecule has 29 heavy (non-hydrogen) atoms. The van der Waals surface area contributed by atoms with E-state index in [0.29, 0.717) is 25.7 Å². The van der Waals surface area contributed by atoms with Crippen molar-refractivity contribution in [2.45, 2.75) is 57.4 Å². The number of carbonyl (C=O) groups excluding carboxylic acids is 3. The molecule has 0 N–H and O–H groups in total. The highest BCUT2D eigenvalue weighted by atomic mass is 16.7. The second-order valence-corrected chi connectivity index (χ2v) is 8.19. The largest absolute Gasteiger partial charge is 0.467 e. The predicted octanol–water partition coefficient (Wildman–Crippen LogP) is 2.56. The van der Waals surface area contributed by atoms with E-state index in [2.05, 4.69) is 0 Å². The molecule has 2 atom stereocenters. The van der Waals surface area contributed by atoms with E-state index in [4.69, 9.17) is 14.3 Å². The number of hydrogen-bond donors (Lipinski definition) is 0. The van der Waals surface area contributed by atoms with Gasteiger partial charge in [0.25, 0.3) is 0 Å². The van der Waals surface area contributed by atoms with Crippen molar-refractivity contribution in [3.05, 3.63) is 35.9 Å². The molecule has 0 aliphatic carbocycles. The minimum atomic E-state index is -1.26. The highest BCUT2D eigenvalue weighted by Gasteiger charge is 2.54. The molecule has 1 saturated heterocycles. The van der Waals surface area contributed by atoms with Crippen LogP contribution < -0.4 is 0 Å². The van der Waals surface area contributed by atoms with Crippen molar-refractivity contribution in [3.63, 3.8) is 0 Å². The molecule has 0 radical (unpaired) electrons. The third-order valence-electron chi connectivity index (χ3n) is 4.72. The first kappa shape index (κ1) is 22.8. The van der Waals surface area contributed by atoms with Crippen LogP contribution in [0, 0.1) is 0 Å². The Morgan fingerprint density at radius 3 is 2.48 bits per heavy atom. The summed E-state index contributed by atoms with van der Waals surface area (Å²) in [6.45, 7) is 5.60. The summed E-state index contributed by atoms with van der Waals surface area (Å²) in [6.07, 6.45) is 0.572. The molecular formula is C21H30N2O6. The fourth-order valence-electron chi connectivity index (χ4n) is 3.42. The lowest BCUT2D eigenvalue weighted by atomic mass is 9.98. The number of nitrogens with zero attached hydrogens (tertiary/aromatic N) is 2. The fraction of sp³-hybridized carbons (Fsp3) is 0.571. The molecule has 8 nitrogen and oxygen atoms in total. The second kappa shape index (κ2) is 9.37. The van der Waals surface area contributed by atoms with Crippen LogP contribution in [0.2, 0.25) is 0 Å². The van der Waals surface area contributed by atoms with Gasteiger partial charge in [0, 0.05) is 7.05 Å². The summed E-state index contributed by atoms with van der Waals surface area (Å²) >= 11 is 0. The topological polar surface area (TPSA) is 85.4 Å². The van der Waals surface area contributed by atoms with Crippen molar-refractivity contribution in [1.29, 1.82) is 0 Å². The van der Waals surface area contributed by atoms with E-state index in [1.54, 1.807) is 27.8 Å². The maximum absolute atomic E-state index is 12.9. The Bertz CT molecular complexity index is 718. The Morgan fingerprint density at radius 1 is 1.28 bits per heavy atom. The molecule has 1 aliphatic heterocycles. The Kier molecular flexibility index (Phi) is 7.37. The number of ether oxygens (including phenoxy) is 2. The molecule has 1 heterocycles. The summed E-state index contributed by atoms with van der Waals surface area (Å²) in [5, 5.41) is 1.51. The van der Waals surface area contributed by atoms with Gasteiger partial charge in [0.15, 0.2) is 0 Å². The number of amides is 1. The van der Waals surface area contributed by atoms with Crippen LogP contribution in [0.25, 0.3) is 0 Å². The Balaban J connectivity index is 2.20. The zero-order chi connectivity index (χ0) is 21.7. The Hall–Kier alpha value is -2.45. The smallest absolute Gasteiger partial charge is 0.411 e. The van der Waals surface area contributed by atoms with E-state index in [1.165, 1.54) is 17.1 Å². The lowest BCUT2D eigenvalue weighted by molar-refractivity contribution is -0.172.